The van der Waals surface area contributed by atoms with Gasteiger partial charge in [-0.05, 0) is 48.9 Å². The van der Waals surface area contributed by atoms with E-state index >= 15 is 0 Å². The van der Waals surface area contributed by atoms with E-state index < -0.39 is 0 Å². The van der Waals surface area contributed by atoms with Crippen molar-refractivity contribution in [2.45, 2.75) is 24.8 Å². The summed E-state index contributed by atoms with van der Waals surface area (Å²) in [6.45, 7) is 3.33. The number of benzene rings is 2. The molecule has 0 aliphatic carbocycles. The van der Waals surface area contributed by atoms with E-state index in [0.717, 1.165) is 16.1 Å². The molecule has 0 spiro atoms. The molecular formula is C18H18Cl2N2O2S. The number of nitrogens with one attached hydrogen (secondary N) is 2. The zero-order chi connectivity index (χ0) is 18.4. The summed E-state index contributed by atoms with van der Waals surface area (Å²) in [4.78, 5) is 24.1. The van der Waals surface area contributed by atoms with Crippen molar-refractivity contribution in [1.29, 1.82) is 0 Å². The molecule has 0 bridgehead atoms. The third kappa shape index (κ3) is 6.27. The topological polar surface area (TPSA) is 58.2 Å². The lowest BCUT2D eigenvalue weighted by Crippen LogP contribution is -2.28. The van der Waals surface area contributed by atoms with Crippen LogP contribution in [0.5, 0.6) is 0 Å². The maximum Gasteiger partial charge on any atom is 0.230 e. The summed E-state index contributed by atoms with van der Waals surface area (Å²) in [5.74, 6) is 0.0822. The minimum absolute atomic E-state index is 0.0885. The summed E-state index contributed by atoms with van der Waals surface area (Å²) in [6, 6.07) is 12.3. The highest BCUT2D eigenvalue weighted by Crippen LogP contribution is 2.26. The fourth-order valence-corrected chi connectivity index (χ4v) is 3.48. The summed E-state index contributed by atoms with van der Waals surface area (Å²) >= 11 is 13.5. The number of halogens is 2. The third-order valence-corrected chi connectivity index (χ3v) is 4.93. The Morgan fingerprint density at radius 1 is 1.12 bits per heavy atom. The van der Waals surface area contributed by atoms with Crippen LogP contribution in [-0.2, 0) is 9.59 Å². The number of thioether (sulfide) groups is 1. The first-order chi connectivity index (χ1) is 11.8. The fraction of sp³-hybridized carbons (Fsp3) is 0.222. The predicted octanol–water partition coefficient (Wildman–Crippen LogP) is 4.92. The second-order valence-corrected chi connectivity index (χ2v) is 7.34. The van der Waals surface area contributed by atoms with E-state index in [1.54, 1.807) is 24.3 Å². The van der Waals surface area contributed by atoms with Gasteiger partial charge in [-0.25, -0.2) is 0 Å². The Hall–Kier alpha value is -1.69. The van der Waals surface area contributed by atoms with Gasteiger partial charge in [-0.2, -0.15) is 0 Å². The number of amides is 2. The highest BCUT2D eigenvalue weighted by molar-refractivity contribution is 8.00. The summed E-state index contributed by atoms with van der Waals surface area (Å²) < 4.78 is 0. The van der Waals surface area contributed by atoms with Gasteiger partial charge in [0.2, 0.25) is 11.8 Å². The summed E-state index contributed by atoms with van der Waals surface area (Å²) in [5.41, 5.74) is 1.55. The zero-order valence-corrected chi connectivity index (χ0v) is 16.1. The molecule has 0 fully saturated rings. The normalized spacial score (nSPS) is 11.7. The average Bonchev–Trinajstić information content (AvgIpc) is 2.53. The van der Waals surface area contributed by atoms with Crippen LogP contribution in [-0.4, -0.2) is 17.6 Å². The van der Waals surface area contributed by atoms with Crippen LogP contribution in [0, 0.1) is 0 Å². The largest absolute Gasteiger partial charge is 0.349 e. The maximum absolute atomic E-state index is 12.1. The molecule has 0 aromatic heterocycles. The lowest BCUT2D eigenvalue weighted by Gasteiger charge is -2.16. The molecule has 4 nitrogen and oxygen atoms in total. The number of carbonyl (C=O) groups excluding carboxylic acids is 2. The van der Waals surface area contributed by atoms with E-state index in [0.29, 0.717) is 10.0 Å². The standard InChI is InChI=1S/C18H18Cl2N2O2S/c1-11(16-8-3-13(19)9-17(16)20)21-18(24)10-25-15-6-4-14(5-7-15)22-12(2)23/h3-9,11H,10H2,1-2H3,(H,21,24)(H,22,23)/t11-/m1/s1. The molecule has 25 heavy (non-hydrogen) atoms. The van der Waals surface area contributed by atoms with Crippen molar-refractivity contribution in [3.63, 3.8) is 0 Å². The number of hydrogen-bond donors (Lipinski definition) is 2. The van der Waals surface area contributed by atoms with Gasteiger partial charge in [0.15, 0.2) is 0 Å². The summed E-state index contributed by atoms with van der Waals surface area (Å²) in [6.07, 6.45) is 0. The van der Waals surface area contributed by atoms with Crippen molar-refractivity contribution in [3.05, 3.63) is 58.1 Å². The minimum atomic E-state index is -0.208. The van der Waals surface area contributed by atoms with Gasteiger partial charge in [0.05, 0.1) is 11.8 Å². The Labute approximate surface area is 161 Å². The van der Waals surface area contributed by atoms with Crippen LogP contribution in [0.1, 0.15) is 25.5 Å². The number of hydrogen-bond acceptors (Lipinski definition) is 3. The van der Waals surface area contributed by atoms with E-state index in [-0.39, 0.29) is 23.6 Å². The van der Waals surface area contributed by atoms with Gasteiger partial charge in [0, 0.05) is 27.6 Å². The van der Waals surface area contributed by atoms with Gasteiger partial charge in [-0.3, -0.25) is 9.59 Å². The number of anilines is 1. The first-order valence-electron chi connectivity index (χ1n) is 7.60. The monoisotopic (exact) mass is 396 g/mol. The zero-order valence-electron chi connectivity index (χ0n) is 13.8. The Morgan fingerprint density at radius 3 is 2.40 bits per heavy atom. The molecular weight excluding hydrogens is 379 g/mol. The minimum Gasteiger partial charge on any atom is -0.349 e. The van der Waals surface area contributed by atoms with Gasteiger partial charge in [0.25, 0.3) is 0 Å². The molecule has 0 saturated heterocycles. The van der Waals surface area contributed by atoms with Crippen LogP contribution in [0.15, 0.2) is 47.4 Å². The lowest BCUT2D eigenvalue weighted by molar-refractivity contribution is -0.119. The van der Waals surface area contributed by atoms with Crippen LogP contribution in [0.2, 0.25) is 10.0 Å². The highest BCUT2D eigenvalue weighted by atomic mass is 35.5. The van der Waals surface area contributed by atoms with Crippen molar-refractivity contribution < 1.29 is 9.59 Å². The summed E-state index contributed by atoms with van der Waals surface area (Å²) in [5, 5.41) is 6.71. The van der Waals surface area contributed by atoms with E-state index in [9.17, 15) is 9.59 Å². The van der Waals surface area contributed by atoms with Crippen molar-refractivity contribution in [2.24, 2.45) is 0 Å². The van der Waals surface area contributed by atoms with Gasteiger partial charge in [-0.1, -0.05) is 29.3 Å². The second kappa shape index (κ2) is 9.13. The summed E-state index contributed by atoms with van der Waals surface area (Å²) in [7, 11) is 0. The van der Waals surface area contributed by atoms with E-state index in [2.05, 4.69) is 10.6 Å². The molecule has 0 heterocycles. The molecule has 1 atom stereocenters. The molecule has 0 unspecified atom stereocenters. The van der Waals surface area contributed by atoms with Crippen molar-refractivity contribution >= 4 is 52.5 Å². The van der Waals surface area contributed by atoms with E-state index in [4.69, 9.17) is 23.2 Å². The third-order valence-electron chi connectivity index (χ3n) is 3.35. The first kappa shape index (κ1) is 19.6. The first-order valence-corrected chi connectivity index (χ1v) is 9.34. The number of rotatable bonds is 6. The average molecular weight is 397 g/mol. The molecule has 7 heteroatoms. The molecule has 2 amide bonds. The van der Waals surface area contributed by atoms with Crippen molar-refractivity contribution in [2.75, 3.05) is 11.1 Å². The number of carbonyl (C=O) groups is 2. The molecule has 132 valence electrons. The lowest BCUT2D eigenvalue weighted by atomic mass is 10.1. The smallest absolute Gasteiger partial charge is 0.230 e. The SMILES string of the molecule is CC(=O)Nc1ccc(SCC(=O)N[C@H](C)c2ccc(Cl)cc2Cl)cc1. The van der Waals surface area contributed by atoms with Crippen molar-refractivity contribution in [1.82, 2.24) is 5.32 Å². The molecule has 2 aromatic rings. The van der Waals surface area contributed by atoms with Crippen LogP contribution < -0.4 is 10.6 Å². The quantitative estimate of drug-likeness (QED) is 0.681. The molecule has 0 aliphatic rings. The fourth-order valence-electron chi connectivity index (χ4n) is 2.20. The highest BCUT2D eigenvalue weighted by Gasteiger charge is 2.13. The van der Waals surface area contributed by atoms with Crippen LogP contribution >= 0.6 is 35.0 Å². The van der Waals surface area contributed by atoms with Gasteiger partial charge < -0.3 is 10.6 Å². The van der Waals surface area contributed by atoms with Gasteiger partial charge >= 0.3 is 0 Å². The molecule has 2 N–H and O–H groups in total. The van der Waals surface area contributed by atoms with Crippen LogP contribution in [0.3, 0.4) is 0 Å². The van der Waals surface area contributed by atoms with Gasteiger partial charge in [-0.15, -0.1) is 11.8 Å². The van der Waals surface area contributed by atoms with Crippen LogP contribution in [0.25, 0.3) is 0 Å². The van der Waals surface area contributed by atoms with Gasteiger partial charge in [0.1, 0.15) is 0 Å². The molecule has 2 aromatic carbocycles. The molecule has 0 saturated carbocycles. The van der Waals surface area contributed by atoms with E-state index in [1.165, 1.54) is 18.7 Å². The second-order valence-electron chi connectivity index (χ2n) is 5.45. The Bertz CT molecular complexity index is 766. The Morgan fingerprint density at radius 2 is 1.80 bits per heavy atom. The molecule has 0 radical (unpaired) electrons. The molecule has 2 rings (SSSR count). The Balaban J connectivity index is 1.86. The predicted molar refractivity (Wildman–Crippen MR) is 104 cm³/mol. The van der Waals surface area contributed by atoms with Crippen molar-refractivity contribution in [3.8, 4) is 0 Å². The van der Waals surface area contributed by atoms with Crippen LogP contribution in [0.4, 0.5) is 5.69 Å². The Kier molecular flexibility index (Phi) is 7.17. The van der Waals surface area contributed by atoms with E-state index in [1.807, 2.05) is 25.1 Å². The maximum atomic E-state index is 12.1. The molecule has 0 aliphatic heterocycles.